The molecule has 2 heterocycles. The number of anilines is 4. The third-order valence-corrected chi connectivity index (χ3v) is 4.79. The average molecular weight is 384 g/mol. The molecule has 1 amide bonds. The van der Waals surface area contributed by atoms with Crippen LogP contribution in [0.1, 0.15) is 28.9 Å². The van der Waals surface area contributed by atoms with Crippen LogP contribution in [0.25, 0.3) is 0 Å². The molecule has 3 aromatic rings. The Kier molecular flexibility index (Phi) is 5.34. The number of carbonyl (C=O) groups excluding carboxylic acids is 1. The summed E-state index contributed by atoms with van der Waals surface area (Å²) in [6.07, 6.45) is 5.42. The second kappa shape index (κ2) is 8.40. The largest absolute Gasteiger partial charge is 0.372 e. The highest BCUT2D eigenvalue weighted by atomic mass is 16.1. The van der Waals surface area contributed by atoms with E-state index in [9.17, 15) is 4.79 Å². The number of benzene rings is 2. The maximum absolute atomic E-state index is 12.4. The van der Waals surface area contributed by atoms with E-state index in [0.29, 0.717) is 17.1 Å². The molecule has 1 aromatic heterocycles. The molecule has 0 radical (unpaired) electrons. The smallest absolute Gasteiger partial charge is 0.275 e. The van der Waals surface area contributed by atoms with Crippen LogP contribution >= 0.6 is 0 Å². The number of rotatable bonds is 5. The molecule has 0 bridgehead atoms. The molecule has 1 aliphatic heterocycles. The van der Waals surface area contributed by atoms with E-state index in [1.54, 1.807) is 24.3 Å². The number of hydrogen-bond acceptors (Lipinski definition) is 6. The van der Waals surface area contributed by atoms with Crippen LogP contribution in [0.2, 0.25) is 0 Å². The first-order chi connectivity index (χ1) is 14.2. The Bertz CT molecular complexity index is 1030. The SMILES string of the molecule is N#Cc1ccccc1NC(=O)c1cnc(Nc2ccc(N3CCCC3)cc2)cn1. The number of para-hydroxylation sites is 1. The molecular weight excluding hydrogens is 364 g/mol. The standard InChI is InChI=1S/C22H20N6O/c23-13-16-5-1-2-6-19(16)27-22(29)20-14-25-21(15-24-20)26-17-7-9-18(10-8-17)28-11-3-4-12-28/h1-2,5-10,14-15H,3-4,11-12H2,(H,25,26)(H,27,29). The summed E-state index contributed by atoms with van der Waals surface area (Å²) in [6, 6.07) is 17.1. The molecule has 144 valence electrons. The first-order valence-electron chi connectivity index (χ1n) is 9.47. The molecular formula is C22H20N6O. The van der Waals surface area contributed by atoms with Crippen LogP contribution in [0.15, 0.2) is 60.9 Å². The molecule has 1 saturated heterocycles. The fraction of sp³-hybridized carbons (Fsp3) is 0.182. The second-order valence-electron chi connectivity index (χ2n) is 6.76. The Hall–Kier alpha value is -3.92. The summed E-state index contributed by atoms with van der Waals surface area (Å²) in [5.41, 5.74) is 3.14. The summed E-state index contributed by atoms with van der Waals surface area (Å²) in [7, 11) is 0. The summed E-state index contributed by atoms with van der Waals surface area (Å²) in [5.74, 6) is 0.134. The molecule has 1 fully saturated rings. The van der Waals surface area contributed by atoms with Gasteiger partial charge < -0.3 is 15.5 Å². The van der Waals surface area contributed by atoms with Crippen LogP contribution in [0.5, 0.6) is 0 Å². The van der Waals surface area contributed by atoms with E-state index >= 15 is 0 Å². The molecule has 7 nitrogen and oxygen atoms in total. The number of hydrogen-bond donors (Lipinski definition) is 2. The van der Waals surface area contributed by atoms with Crippen molar-refractivity contribution in [1.82, 2.24) is 9.97 Å². The minimum atomic E-state index is -0.415. The van der Waals surface area contributed by atoms with Crippen LogP contribution in [0, 0.1) is 11.3 Å². The Balaban J connectivity index is 1.40. The molecule has 0 spiro atoms. The fourth-order valence-electron chi connectivity index (χ4n) is 3.26. The van der Waals surface area contributed by atoms with Crippen molar-refractivity contribution in [2.24, 2.45) is 0 Å². The lowest BCUT2D eigenvalue weighted by molar-refractivity contribution is 0.102. The summed E-state index contributed by atoms with van der Waals surface area (Å²) in [5, 5.41) is 15.0. The molecule has 2 N–H and O–H groups in total. The van der Waals surface area contributed by atoms with Gasteiger partial charge in [0.25, 0.3) is 5.91 Å². The number of carbonyl (C=O) groups is 1. The highest BCUT2D eigenvalue weighted by Crippen LogP contribution is 2.23. The maximum atomic E-state index is 12.4. The first-order valence-corrected chi connectivity index (χ1v) is 9.47. The van der Waals surface area contributed by atoms with Crippen molar-refractivity contribution in [3.8, 4) is 6.07 Å². The molecule has 0 atom stereocenters. The molecule has 7 heteroatoms. The second-order valence-corrected chi connectivity index (χ2v) is 6.76. The lowest BCUT2D eigenvalue weighted by atomic mass is 10.2. The summed E-state index contributed by atoms with van der Waals surface area (Å²) < 4.78 is 0. The maximum Gasteiger partial charge on any atom is 0.275 e. The van der Waals surface area contributed by atoms with E-state index in [4.69, 9.17) is 5.26 Å². The van der Waals surface area contributed by atoms with E-state index in [-0.39, 0.29) is 5.69 Å². The lowest BCUT2D eigenvalue weighted by Gasteiger charge is -2.17. The molecule has 29 heavy (non-hydrogen) atoms. The van der Waals surface area contributed by atoms with Crippen molar-refractivity contribution < 1.29 is 4.79 Å². The molecule has 4 rings (SSSR count). The highest BCUT2D eigenvalue weighted by Gasteiger charge is 2.13. The van der Waals surface area contributed by atoms with Gasteiger partial charge in [0.05, 0.1) is 23.6 Å². The number of amides is 1. The predicted molar refractivity (Wildman–Crippen MR) is 112 cm³/mol. The van der Waals surface area contributed by atoms with Crippen molar-refractivity contribution >= 4 is 28.8 Å². The van der Waals surface area contributed by atoms with Gasteiger partial charge in [-0.3, -0.25) is 4.79 Å². The molecule has 0 saturated carbocycles. The minimum absolute atomic E-state index is 0.174. The number of nitrogens with one attached hydrogen (secondary N) is 2. The normalized spacial score (nSPS) is 13.0. The number of nitrogens with zero attached hydrogens (tertiary/aromatic N) is 4. The Morgan fingerprint density at radius 3 is 2.45 bits per heavy atom. The van der Waals surface area contributed by atoms with Gasteiger partial charge in [-0.2, -0.15) is 5.26 Å². The van der Waals surface area contributed by atoms with Gasteiger partial charge in [0, 0.05) is 24.5 Å². The molecule has 1 aliphatic rings. The zero-order chi connectivity index (χ0) is 20.1. The van der Waals surface area contributed by atoms with Crippen molar-refractivity contribution in [1.29, 1.82) is 5.26 Å². The van der Waals surface area contributed by atoms with Crippen LogP contribution in [0.4, 0.5) is 22.9 Å². The van der Waals surface area contributed by atoms with Gasteiger partial charge in [0.15, 0.2) is 0 Å². The van der Waals surface area contributed by atoms with Crippen molar-refractivity contribution in [3.63, 3.8) is 0 Å². The summed E-state index contributed by atoms with van der Waals surface area (Å²) >= 11 is 0. The topological polar surface area (TPSA) is 93.9 Å². The third kappa shape index (κ3) is 4.33. The van der Waals surface area contributed by atoms with Crippen LogP contribution in [0.3, 0.4) is 0 Å². The van der Waals surface area contributed by atoms with E-state index in [1.807, 2.05) is 18.2 Å². The van der Waals surface area contributed by atoms with Gasteiger partial charge in [-0.15, -0.1) is 0 Å². The highest BCUT2D eigenvalue weighted by molar-refractivity contribution is 6.03. The predicted octanol–water partition coefficient (Wildman–Crippen LogP) is 3.94. The van der Waals surface area contributed by atoms with Gasteiger partial charge in [-0.1, -0.05) is 12.1 Å². The summed E-state index contributed by atoms with van der Waals surface area (Å²) in [4.78, 5) is 23.2. The zero-order valence-electron chi connectivity index (χ0n) is 15.8. The third-order valence-electron chi connectivity index (χ3n) is 4.79. The number of aromatic nitrogens is 2. The lowest BCUT2D eigenvalue weighted by Crippen LogP contribution is -2.17. The van der Waals surface area contributed by atoms with Crippen molar-refractivity contribution in [2.75, 3.05) is 28.6 Å². The van der Waals surface area contributed by atoms with Gasteiger partial charge in [0.1, 0.15) is 17.6 Å². The quantitative estimate of drug-likeness (QED) is 0.692. The monoisotopic (exact) mass is 384 g/mol. The average Bonchev–Trinajstić information content (AvgIpc) is 3.30. The van der Waals surface area contributed by atoms with Crippen molar-refractivity contribution in [3.05, 3.63) is 72.2 Å². The Morgan fingerprint density at radius 2 is 1.76 bits per heavy atom. The Morgan fingerprint density at radius 1 is 1.00 bits per heavy atom. The molecule has 2 aromatic carbocycles. The van der Waals surface area contributed by atoms with Crippen LogP contribution < -0.4 is 15.5 Å². The summed E-state index contributed by atoms with van der Waals surface area (Å²) in [6.45, 7) is 2.22. The zero-order valence-corrected chi connectivity index (χ0v) is 15.8. The van der Waals surface area contributed by atoms with Crippen LogP contribution in [-0.2, 0) is 0 Å². The van der Waals surface area contributed by atoms with E-state index in [1.165, 1.54) is 30.9 Å². The van der Waals surface area contributed by atoms with Gasteiger partial charge >= 0.3 is 0 Å². The van der Waals surface area contributed by atoms with E-state index in [0.717, 1.165) is 18.8 Å². The van der Waals surface area contributed by atoms with Gasteiger partial charge in [-0.25, -0.2) is 9.97 Å². The van der Waals surface area contributed by atoms with Gasteiger partial charge in [-0.05, 0) is 49.2 Å². The van der Waals surface area contributed by atoms with E-state index < -0.39 is 5.91 Å². The first kappa shape index (κ1) is 18.4. The fourth-order valence-corrected chi connectivity index (χ4v) is 3.26. The van der Waals surface area contributed by atoms with Crippen LogP contribution in [-0.4, -0.2) is 29.0 Å². The molecule has 0 unspecified atom stereocenters. The minimum Gasteiger partial charge on any atom is -0.372 e. The van der Waals surface area contributed by atoms with Gasteiger partial charge in [0.2, 0.25) is 0 Å². The Labute approximate surface area is 169 Å². The molecule has 0 aliphatic carbocycles. The number of nitriles is 1. The van der Waals surface area contributed by atoms with Crippen molar-refractivity contribution in [2.45, 2.75) is 12.8 Å². The van der Waals surface area contributed by atoms with E-state index in [2.05, 4.69) is 37.6 Å².